The molecule has 0 bridgehead atoms. The molecule has 2 nitrogen and oxygen atoms in total. The molecule has 0 atom stereocenters. The predicted molar refractivity (Wildman–Crippen MR) is 79.2 cm³/mol. The molecule has 0 aliphatic rings. The van der Waals surface area contributed by atoms with E-state index in [2.05, 4.69) is 38.1 Å². The van der Waals surface area contributed by atoms with Crippen molar-refractivity contribution >= 4 is 5.97 Å². The Balaban J connectivity index is 2.43. The van der Waals surface area contributed by atoms with E-state index in [1.807, 2.05) is 26.8 Å². The van der Waals surface area contributed by atoms with Gasteiger partial charge in [0.15, 0.2) is 0 Å². The number of hydrogen-bond acceptors (Lipinski definition) is 2. The topological polar surface area (TPSA) is 26.3 Å². The van der Waals surface area contributed by atoms with Crippen molar-refractivity contribution in [3.63, 3.8) is 0 Å². The van der Waals surface area contributed by atoms with Gasteiger partial charge in [0.05, 0.1) is 0 Å². The Morgan fingerprint density at radius 3 is 2.16 bits per heavy atom. The smallest absolute Gasteiger partial charge is 0.306 e. The van der Waals surface area contributed by atoms with Crippen molar-refractivity contribution in [2.75, 3.05) is 0 Å². The summed E-state index contributed by atoms with van der Waals surface area (Å²) < 4.78 is 5.32. The van der Waals surface area contributed by atoms with Gasteiger partial charge in [-0.05, 0) is 44.6 Å². The Bertz CT molecular complexity index is 399. The van der Waals surface area contributed by atoms with Gasteiger partial charge in [0.2, 0.25) is 0 Å². The number of ether oxygens (including phenoxy) is 1. The fraction of sp³-hybridized carbons (Fsp3) is 0.588. The van der Waals surface area contributed by atoms with Crippen LogP contribution in [0.2, 0.25) is 0 Å². The summed E-state index contributed by atoms with van der Waals surface area (Å²) in [6.45, 7) is 10.1. The molecule has 1 rings (SSSR count). The van der Waals surface area contributed by atoms with Gasteiger partial charge >= 0.3 is 5.97 Å². The molecule has 106 valence electrons. The lowest BCUT2D eigenvalue weighted by Crippen LogP contribution is -2.24. The standard InChI is InChI=1S/C17H26O2/c1-16(2,3)19-15(18)12-9-13-17(4,5)14-10-7-6-8-11-14/h6-8,10-11H,9,12-13H2,1-5H3. The molecule has 2 heteroatoms. The molecule has 0 heterocycles. The van der Waals surface area contributed by atoms with E-state index >= 15 is 0 Å². The minimum atomic E-state index is -0.383. The second-order valence-corrected chi connectivity index (χ2v) is 6.69. The van der Waals surface area contributed by atoms with Crippen LogP contribution in [0.15, 0.2) is 30.3 Å². The third-order valence-electron chi connectivity index (χ3n) is 3.16. The van der Waals surface area contributed by atoms with Crippen LogP contribution in [-0.2, 0) is 14.9 Å². The molecule has 0 radical (unpaired) electrons. The molecule has 0 saturated heterocycles. The van der Waals surface area contributed by atoms with Crippen molar-refractivity contribution in [1.29, 1.82) is 0 Å². The van der Waals surface area contributed by atoms with Gasteiger partial charge in [-0.1, -0.05) is 44.2 Å². The average Bonchev–Trinajstić information content (AvgIpc) is 2.27. The molecule has 0 N–H and O–H groups in total. The molecule has 0 spiro atoms. The molecular weight excluding hydrogens is 236 g/mol. The summed E-state index contributed by atoms with van der Waals surface area (Å²) in [5.41, 5.74) is 1.04. The number of carbonyl (C=O) groups is 1. The highest BCUT2D eigenvalue weighted by Crippen LogP contribution is 2.28. The van der Waals surface area contributed by atoms with Gasteiger partial charge in [-0.2, -0.15) is 0 Å². The van der Waals surface area contributed by atoms with Gasteiger partial charge in [0.1, 0.15) is 5.60 Å². The maximum absolute atomic E-state index is 11.7. The van der Waals surface area contributed by atoms with Crippen LogP contribution >= 0.6 is 0 Å². The SMILES string of the molecule is CC(C)(C)OC(=O)CCCC(C)(C)c1ccccc1. The fourth-order valence-corrected chi connectivity index (χ4v) is 2.10. The van der Waals surface area contributed by atoms with Crippen LogP contribution in [0.3, 0.4) is 0 Å². The maximum Gasteiger partial charge on any atom is 0.306 e. The lowest BCUT2D eigenvalue weighted by Gasteiger charge is -2.25. The van der Waals surface area contributed by atoms with Crippen LogP contribution in [0.1, 0.15) is 59.4 Å². The molecule has 0 aliphatic heterocycles. The van der Waals surface area contributed by atoms with E-state index in [1.165, 1.54) is 5.56 Å². The molecule has 0 saturated carbocycles. The van der Waals surface area contributed by atoms with E-state index < -0.39 is 0 Å². The van der Waals surface area contributed by atoms with Crippen LogP contribution in [-0.4, -0.2) is 11.6 Å². The van der Waals surface area contributed by atoms with Gasteiger partial charge in [-0.25, -0.2) is 0 Å². The van der Waals surface area contributed by atoms with E-state index in [0.29, 0.717) is 6.42 Å². The minimum Gasteiger partial charge on any atom is -0.460 e. The molecule has 19 heavy (non-hydrogen) atoms. The first-order chi connectivity index (χ1) is 8.71. The van der Waals surface area contributed by atoms with Crippen LogP contribution in [0.4, 0.5) is 0 Å². The Morgan fingerprint density at radius 1 is 1.05 bits per heavy atom. The summed E-state index contributed by atoms with van der Waals surface area (Å²) in [4.78, 5) is 11.7. The highest BCUT2D eigenvalue weighted by molar-refractivity contribution is 5.69. The predicted octanol–water partition coefficient (Wildman–Crippen LogP) is 4.48. The summed E-state index contributed by atoms with van der Waals surface area (Å²) in [5.74, 6) is -0.101. The maximum atomic E-state index is 11.7. The fourth-order valence-electron chi connectivity index (χ4n) is 2.10. The van der Waals surface area contributed by atoms with E-state index in [9.17, 15) is 4.79 Å². The summed E-state index contributed by atoms with van der Waals surface area (Å²) in [5, 5.41) is 0. The summed E-state index contributed by atoms with van der Waals surface area (Å²) >= 11 is 0. The molecule has 0 fully saturated rings. The van der Waals surface area contributed by atoms with Crippen molar-refractivity contribution in [3.05, 3.63) is 35.9 Å². The van der Waals surface area contributed by atoms with Gasteiger partial charge in [-0.3, -0.25) is 4.79 Å². The van der Waals surface area contributed by atoms with Crippen molar-refractivity contribution in [2.45, 2.75) is 64.9 Å². The summed E-state index contributed by atoms with van der Waals surface area (Å²) in [6, 6.07) is 10.4. The number of benzene rings is 1. The van der Waals surface area contributed by atoms with Crippen LogP contribution in [0, 0.1) is 0 Å². The molecule has 0 aromatic heterocycles. The molecule has 1 aromatic rings. The zero-order valence-electron chi connectivity index (χ0n) is 12.8. The van der Waals surface area contributed by atoms with E-state index in [0.717, 1.165) is 12.8 Å². The zero-order chi connectivity index (χ0) is 14.5. The highest BCUT2D eigenvalue weighted by atomic mass is 16.6. The molecule has 0 aliphatic carbocycles. The lowest BCUT2D eigenvalue weighted by molar-refractivity contribution is -0.154. The van der Waals surface area contributed by atoms with Crippen LogP contribution in [0.25, 0.3) is 0 Å². The number of hydrogen-bond donors (Lipinski definition) is 0. The van der Waals surface area contributed by atoms with Crippen molar-refractivity contribution in [2.24, 2.45) is 0 Å². The second-order valence-electron chi connectivity index (χ2n) is 6.69. The summed E-state index contributed by atoms with van der Waals surface area (Å²) in [7, 11) is 0. The average molecular weight is 262 g/mol. The minimum absolute atomic E-state index is 0.100. The van der Waals surface area contributed by atoms with Crippen LogP contribution < -0.4 is 0 Å². The third-order valence-corrected chi connectivity index (χ3v) is 3.16. The first-order valence-electron chi connectivity index (χ1n) is 6.98. The zero-order valence-corrected chi connectivity index (χ0v) is 12.8. The van der Waals surface area contributed by atoms with E-state index in [-0.39, 0.29) is 17.0 Å². The molecule has 0 amide bonds. The van der Waals surface area contributed by atoms with Crippen molar-refractivity contribution in [3.8, 4) is 0 Å². The summed E-state index contributed by atoms with van der Waals surface area (Å²) in [6.07, 6.45) is 2.33. The van der Waals surface area contributed by atoms with Gasteiger partial charge in [-0.15, -0.1) is 0 Å². The van der Waals surface area contributed by atoms with Crippen molar-refractivity contribution < 1.29 is 9.53 Å². The monoisotopic (exact) mass is 262 g/mol. The van der Waals surface area contributed by atoms with E-state index in [4.69, 9.17) is 4.74 Å². The number of rotatable bonds is 5. The van der Waals surface area contributed by atoms with E-state index in [1.54, 1.807) is 0 Å². The Kier molecular flexibility index (Phi) is 5.16. The quantitative estimate of drug-likeness (QED) is 0.731. The first kappa shape index (κ1) is 15.7. The second kappa shape index (κ2) is 6.23. The Morgan fingerprint density at radius 2 is 1.63 bits per heavy atom. The molecular formula is C17H26O2. The molecule has 0 unspecified atom stereocenters. The number of esters is 1. The highest BCUT2D eigenvalue weighted by Gasteiger charge is 2.21. The lowest BCUT2D eigenvalue weighted by atomic mass is 9.80. The Hall–Kier alpha value is -1.31. The third kappa shape index (κ3) is 5.91. The first-order valence-corrected chi connectivity index (χ1v) is 6.98. The van der Waals surface area contributed by atoms with Gasteiger partial charge < -0.3 is 4.74 Å². The van der Waals surface area contributed by atoms with Crippen LogP contribution in [0.5, 0.6) is 0 Å². The number of carbonyl (C=O) groups excluding carboxylic acids is 1. The Labute approximate surface area is 117 Å². The van der Waals surface area contributed by atoms with Crippen molar-refractivity contribution in [1.82, 2.24) is 0 Å². The van der Waals surface area contributed by atoms with Gasteiger partial charge in [0, 0.05) is 6.42 Å². The molecule has 1 aromatic carbocycles. The normalized spacial score (nSPS) is 12.3. The largest absolute Gasteiger partial charge is 0.460 e. The van der Waals surface area contributed by atoms with Gasteiger partial charge in [0.25, 0.3) is 0 Å².